The first-order chi connectivity index (χ1) is 17.5. The summed E-state index contributed by atoms with van der Waals surface area (Å²) in [4.78, 5) is 41.9. The van der Waals surface area contributed by atoms with Crippen molar-refractivity contribution in [1.82, 2.24) is 10.3 Å². The highest BCUT2D eigenvalue weighted by molar-refractivity contribution is 5.99. The standard InChI is InChI=1S/C30H30N2O4/c1-3-20-9-13-22(14-10-20)28(33)19-36-30(35)27(17-24-18-31-26-8-6-5-7-25(24)26)32-29(34)23-15-11-21(4-2)12-16-23/h5-16,18,27,31H,3-4,17,19H2,1-2H3,(H,32,34)/t27-/m0/s1. The molecule has 1 aromatic heterocycles. The number of ether oxygens (including phenoxy) is 1. The van der Waals surface area contributed by atoms with E-state index in [9.17, 15) is 14.4 Å². The maximum atomic E-state index is 13.1. The summed E-state index contributed by atoms with van der Waals surface area (Å²) < 4.78 is 5.40. The van der Waals surface area contributed by atoms with E-state index in [0.717, 1.165) is 40.4 Å². The summed E-state index contributed by atoms with van der Waals surface area (Å²) in [7, 11) is 0. The quantitative estimate of drug-likeness (QED) is 0.244. The van der Waals surface area contributed by atoms with Crippen molar-refractivity contribution in [2.45, 2.75) is 39.2 Å². The number of hydrogen-bond acceptors (Lipinski definition) is 4. The second-order valence-corrected chi connectivity index (χ2v) is 8.72. The minimum absolute atomic E-state index is 0.223. The highest BCUT2D eigenvalue weighted by Gasteiger charge is 2.25. The summed E-state index contributed by atoms with van der Waals surface area (Å²) in [6.07, 6.45) is 3.79. The lowest BCUT2D eigenvalue weighted by molar-refractivity contribution is -0.144. The zero-order chi connectivity index (χ0) is 25.5. The Balaban J connectivity index is 1.50. The van der Waals surface area contributed by atoms with E-state index in [4.69, 9.17) is 4.74 Å². The van der Waals surface area contributed by atoms with Gasteiger partial charge in [0.05, 0.1) is 0 Å². The fourth-order valence-electron chi connectivity index (χ4n) is 4.09. The second kappa shape index (κ2) is 11.5. The molecule has 0 bridgehead atoms. The molecule has 0 saturated heterocycles. The van der Waals surface area contributed by atoms with Crippen LogP contribution in [0.4, 0.5) is 0 Å². The van der Waals surface area contributed by atoms with Crippen LogP contribution in [0, 0.1) is 0 Å². The molecule has 1 amide bonds. The molecule has 2 N–H and O–H groups in total. The Bertz CT molecular complexity index is 1350. The van der Waals surface area contributed by atoms with Crippen molar-refractivity contribution in [1.29, 1.82) is 0 Å². The molecule has 4 aromatic rings. The summed E-state index contributed by atoms with van der Waals surface area (Å²) >= 11 is 0. The van der Waals surface area contributed by atoms with Crippen LogP contribution < -0.4 is 5.32 Å². The molecule has 1 atom stereocenters. The molecule has 1 heterocycles. The lowest BCUT2D eigenvalue weighted by Gasteiger charge is -2.18. The minimum Gasteiger partial charge on any atom is -0.456 e. The monoisotopic (exact) mass is 482 g/mol. The van der Waals surface area contributed by atoms with Crippen LogP contribution in [0.5, 0.6) is 0 Å². The summed E-state index contributed by atoms with van der Waals surface area (Å²) in [5.41, 5.74) is 4.98. The molecule has 184 valence electrons. The number of hydrogen-bond donors (Lipinski definition) is 2. The zero-order valence-electron chi connectivity index (χ0n) is 20.5. The number of carbonyl (C=O) groups excluding carboxylic acids is 3. The number of ketones is 1. The average Bonchev–Trinajstić information content (AvgIpc) is 3.34. The van der Waals surface area contributed by atoms with Crippen molar-refractivity contribution in [3.63, 3.8) is 0 Å². The van der Waals surface area contributed by atoms with Crippen LogP contribution in [0.3, 0.4) is 0 Å². The van der Waals surface area contributed by atoms with Crippen LogP contribution in [0.1, 0.15) is 51.3 Å². The van der Waals surface area contributed by atoms with Crippen LogP contribution in [0.25, 0.3) is 10.9 Å². The Morgan fingerprint density at radius 1 is 0.833 bits per heavy atom. The lowest BCUT2D eigenvalue weighted by atomic mass is 10.0. The van der Waals surface area contributed by atoms with Crippen LogP contribution >= 0.6 is 0 Å². The van der Waals surface area contributed by atoms with E-state index in [0.29, 0.717) is 11.1 Å². The number of rotatable bonds is 10. The van der Waals surface area contributed by atoms with Crippen LogP contribution in [0.2, 0.25) is 0 Å². The van der Waals surface area contributed by atoms with Gasteiger partial charge in [-0.3, -0.25) is 9.59 Å². The summed E-state index contributed by atoms with van der Waals surface area (Å²) in [5, 5.41) is 3.78. The van der Waals surface area contributed by atoms with Crippen molar-refractivity contribution in [3.8, 4) is 0 Å². The molecule has 0 saturated carbocycles. The molecule has 0 aliphatic rings. The molecular weight excluding hydrogens is 452 g/mol. The van der Waals surface area contributed by atoms with Gasteiger partial charge in [-0.2, -0.15) is 0 Å². The molecule has 6 heteroatoms. The van der Waals surface area contributed by atoms with Gasteiger partial charge in [-0.05, 0) is 47.7 Å². The SMILES string of the molecule is CCc1ccc(C(=O)COC(=O)[C@H](Cc2c[nH]c3ccccc23)NC(=O)c2ccc(CC)cc2)cc1. The van der Waals surface area contributed by atoms with E-state index in [1.165, 1.54) is 0 Å². The molecular formula is C30H30N2O4. The number of amides is 1. The highest BCUT2D eigenvalue weighted by Crippen LogP contribution is 2.20. The second-order valence-electron chi connectivity index (χ2n) is 8.72. The lowest BCUT2D eigenvalue weighted by Crippen LogP contribution is -2.43. The maximum absolute atomic E-state index is 13.1. The summed E-state index contributed by atoms with van der Waals surface area (Å²) in [6, 6.07) is 21.3. The molecule has 0 fully saturated rings. The number of nitrogens with one attached hydrogen (secondary N) is 2. The molecule has 0 radical (unpaired) electrons. The molecule has 0 spiro atoms. The Morgan fingerprint density at radius 2 is 1.44 bits per heavy atom. The molecule has 36 heavy (non-hydrogen) atoms. The fourth-order valence-corrected chi connectivity index (χ4v) is 4.09. The first-order valence-electron chi connectivity index (χ1n) is 12.2. The van der Waals surface area contributed by atoms with E-state index in [2.05, 4.69) is 10.3 Å². The number of aromatic amines is 1. The van der Waals surface area contributed by atoms with Gasteiger partial charge >= 0.3 is 5.97 Å². The van der Waals surface area contributed by atoms with E-state index < -0.39 is 18.6 Å². The van der Waals surface area contributed by atoms with Crippen molar-refractivity contribution in [3.05, 3.63) is 107 Å². The van der Waals surface area contributed by atoms with Gasteiger partial charge in [0.15, 0.2) is 12.4 Å². The largest absolute Gasteiger partial charge is 0.456 e. The first-order valence-corrected chi connectivity index (χ1v) is 12.2. The Morgan fingerprint density at radius 3 is 2.08 bits per heavy atom. The predicted molar refractivity (Wildman–Crippen MR) is 140 cm³/mol. The Hall–Kier alpha value is -4.19. The van der Waals surface area contributed by atoms with Crippen LogP contribution in [-0.2, 0) is 28.8 Å². The molecule has 6 nitrogen and oxygen atoms in total. The van der Waals surface area contributed by atoms with Crippen molar-refractivity contribution >= 4 is 28.6 Å². The number of fused-ring (bicyclic) bond motifs is 1. The Labute approximate surface area is 210 Å². The third-order valence-electron chi connectivity index (χ3n) is 6.34. The van der Waals surface area contributed by atoms with Crippen LogP contribution in [-0.4, -0.2) is 35.3 Å². The minimum atomic E-state index is -0.960. The van der Waals surface area contributed by atoms with Gasteiger partial charge in [-0.25, -0.2) is 4.79 Å². The maximum Gasteiger partial charge on any atom is 0.329 e. The number of esters is 1. The number of carbonyl (C=O) groups is 3. The number of benzene rings is 3. The van der Waals surface area contributed by atoms with E-state index in [1.54, 1.807) is 24.3 Å². The average molecular weight is 483 g/mol. The van der Waals surface area contributed by atoms with Gasteiger partial charge in [0.1, 0.15) is 6.04 Å². The smallest absolute Gasteiger partial charge is 0.329 e. The van der Waals surface area contributed by atoms with Gasteiger partial charge < -0.3 is 15.0 Å². The van der Waals surface area contributed by atoms with E-state index in [1.807, 2.05) is 68.6 Å². The van der Waals surface area contributed by atoms with Gasteiger partial charge in [0, 0.05) is 34.6 Å². The Kier molecular flexibility index (Phi) is 7.95. The number of aryl methyl sites for hydroxylation is 2. The zero-order valence-corrected chi connectivity index (χ0v) is 20.5. The third kappa shape index (κ3) is 5.89. The fraction of sp³-hybridized carbons (Fsp3) is 0.233. The normalized spacial score (nSPS) is 11.7. The van der Waals surface area contributed by atoms with E-state index >= 15 is 0 Å². The third-order valence-corrected chi connectivity index (χ3v) is 6.34. The van der Waals surface area contributed by atoms with Crippen molar-refractivity contribution < 1.29 is 19.1 Å². The molecule has 0 aliphatic heterocycles. The van der Waals surface area contributed by atoms with Gasteiger partial charge in [0.25, 0.3) is 5.91 Å². The molecule has 3 aromatic carbocycles. The van der Waals surface area contributed by atoms with Gasteiger partial charge in [-0.1, -0.05) is 68.4 Å². The molecule has 0 unspecified atom stereocenters. The number of para-hydroxylation sites is 1. The van der Waals surface area contributed by atoms with Gasteiger partial charge in [0.2, 0.25) is 0 Å². The summed E-state index contributed by atoms with van der Waals surface area (Å²) in [5.74, 6) is -1.32. The van der Waals surface area contributed by atoms with Crippen molar-refractivity contribution in [2.75, 3.05) is 6.61 Å². The number of Topliss-reactive ketones (excluding diaryl/α,β-unsaturated/α-hetero) is 1. The molecule has 4 rings (SSSR count). The van der Waals surface area contributed by atoms with E-state index in [-0.39, 0.29) is 18.1 Å². The topological polar surface area (TPSA) is 88.3 Å². The number of H-pyrrole nitrogens is 1. The van der Waals surface area contributed by atoms with Gasteiger partial charge in [-0.15, -0.1) is 0 Å². The highest BCUT2D eigenvalue weighted by atomic mass is 16.5. The van der Waals surface area contributed by atoms with Crippen LogP contribution in [0.15, 0.2) is 79.0 Å². The molecule has 0 aliphatic carbocycles. The number of aromatic nitrogens is 1. The predicted octanol–water partition coefficient (Wildman–Crippen LogP) is 5.06. The van der Waals surface area contributed by atoms with Crippen molar-refractivity contribution in [2.24, 2.45) is 0 Å². The summed E-state index contributed by atoms with van der Waals surface area (Å²) in [6.45, 7) is 3.69. The first kappa shape index (κ1) is 24.9.